The third-order valence-electron chi connectivity index (χ3n) is 3.34. The average Bonchev–Trinajstić information content (AvgIpc) is 3.27. The van der Waals surface area contributed by atoms with E-state index in [0.29, 0.717) is 24.8 Å². The highest BCUT2D eigenvalue weighted by Crippen LogP contribution is 2.31. The molecular formula is C14H22N2O3S. The first-order valence-electron chi connectivity index (χ1n) is 7.01. The minimum Gasteiger partial charge on any atom is -0.494 e. The molecule has 0 aliphatic heterocycles. The van der Waals surface area contributed by atoms with Crippen LogP contribution in [0.15, 0.2) is 29.2 Å². The topological polar surface area (TPSA) is 81.4 Å². The van der Waals surface area contributed by atoms with Crippen LogP contribution in [-0.4, -0.2) is 27.6 Å². The van der Waals surface area contributed by atoms with Crippen LogP contribution in [0.5, 0.6) is 5.75 Å². The summed E-state index contributed by atoms with van der Waals surface area (Å²) < 4.78 is 32.2. The maximum absolute atomic E-state index is 12.1. The molecule has 1 aliphatic rings. The van der Waals surface area contributed by atoms with Gasteiger partial charge in [0.25, 0.3) is 0 Å². The van der Waals surface area contributed by atoms with Gasteiger partial charge in [-0.05, 0) is 49.4 Å². The molecule has 2 rings (SSSR count). The number of nitrogens with one attached hydrogen (secondary N) is 1. The summed E-state index contributed by atoms with van der Waals surface area (Å²) in [6.07, 6.45) is 3.12. The standard InChI is InChI=1S/C14H22N2O3S/c1-2-9-19-12-5-7-13(8-6-12)20(17,18)16-10-14(15)11-3-4-11/h5-8,11,14,16H,2-4,9-10,15H2,1H3. The zero-order valence-electron chi connectivity index (χ0n) is 11.7. The van der Waals surface area contributed by atoms with E-state index in [4.69, 9.17) is 10.5 Å². The molecule has 6 heteroatoms. The molecule has 1 unspecified atom stereocenters. The lowest BCUT2D eigenvalue weighted by molar-refractivity contribution is 0.317. The first kappa shape index (κ1) is 15.3. The van der Waals surface area contributed by atoms with Crippen LogP contribution in [0.3, 0.4) is 0 Å². The third kappa shape index (κ3) is 4.19. The number of sulfonamides is 1. The van der Waals surface area contributed by atoms with Gasteiger partial charge in [0, 0.05) is 12.6 Å². The zero-order chi connectivity index (χ0) is 14.6. The van der Waals surface area contributed by atoms with Crippen LogP contribution in [0.2, 0.25) is 0 Å². The fraction of sp³-hybridized carbons (Fsp3) is 0.571. The van der Waals surface area contributed by atoms with Crippen molar-refractivity contribution in [3.05, 3.63) is 24.3 Å². The van der Waals surface area contributed by atoms with Crippen molar-refractivity contribution in [2.45, 2.75) is 37.1 Å². The van der Waals surface area contributed by atoms with Crippen molar-refractivity contribution in [3.63, 3.8) is 0 Å². The Hall–Kier alpha value is -1.11. The molecule has 112 valence electrons. The van der Waals surface area contributed by atoms with E-state index >= 15 is 0 Å². The molecule has 0 aromatic heterocycles. The number of hydrogen-bond donors (Lipinski definition) is 2. The summed E-state index contributed by atoms with van der Waals surface area (Å²) in [7, 11) is -3.48. The van der Waals surface area contributed by atoms with Crippen LogP contribution in [0.1, 0.15) is 26.2 Å². The Morgan fingerprint density at radius 2 is 2.00 bits per heavy atom. The van der Waals surface area contributed by atoms with Crippen LogP contribution in [0, 0.1) is 5.92 Å². The molecule has 1 atom stereocenters. The molecule has 0 heterocycles. The Kier molecular flexibility index (Phi) is 5.01. The van der Waals surface area contributed by atoms with E-state index in [1.807, 2.05) is 6.92 Å². The minimum absolute atomic E-state index is 0.0862. The summed E-state index contributed by atoms with van der Waals surface area (Å²) in [4.78, 5) is 0.240. The van der Waals surface area contributed by atoms with Crippen LogP contribution in [0.25, 0.3) is 0 Å². The lowest BCUT2D eigenvalue weighted by atomic mass is 10.2. The third-order valence-corrected chi connectivity index (χ3v) is 4.78. The first-order chi connectivity index (χ1) is 9.53. The predicted molar refractivity (Wildman–Crippen MR) is 78.1 cm³/mol. The number of hydrogen-bond acceptors (Lipinski definition) is 4. The largest absolute Gasteiger partial charge is 0.494 e. The van der Waals surface area contributed by atoms with Crippen molar-refractivity contribution in [2.75, 3.05) is 13.2 Å². The fourth-order valence-corrected chi connectivity index (χ4v) is 2.99. The number of rotatable bonds is 8. The summed E-state index contributed by atoms with van der Waals surface area (Å²) in [6, 6.07) is 6.36. The molecule has 20 heavy (non-hydrogen) atoms. The Bertz CT molecular complexity index is 524. The van der Waals surface area contributed by atoms with Gasteiger partial charge in [0.1, 0.15) is 5.75 Å². The summed E-state index contributed by atoms with van der Waals surface area (Å²) in [5.41, 5.74) is 5.90. The smallest absolute Gasteiger partial charge is 0.240 e. The van der Waals surface area contributed by atoms with E-state index in [2.05, 4.69) is 4.72 Å². The first-order valence-corrected chi connectivity index (χ1v) is 8.49. The fourth-order valence-electron chi connectivity index (χ4n) is 1.92. The highest BCUT2D eigenvalue weighted by atomic mass is 32.2. The Labute approximate surface area is 120 Å². The molecule has 3 N–H and O–H groups in total. The quantitative estimate of drug-likeness (QED) is 0.762. The number of nitrogens with two attached hydrogens (primary N) is 1. The predicted octanol–water partition coefficient (Wildman–Crippen LogP) is 1.49. The van der Waals surface area contributed by atoms with Gasteiger partial charge in [-0.25, -0.2) is 13.1 Å². The molecule has 0 spiro atoms. The van der Waals surface area contributed by atoms with Crippen LogP contribution >= 0.6 is 0 Å². The normalized spacial score (nSPS) is 16.9. The van der Waals surface area contributed by atoms with Crippen molar-refractivity contribution in [1.82, 2.24) is 4.72 Å². The Morgan fingerprint density at radius 1 is 1.35 bits per heavy atom. The summed E-state index contributed by atoms with van der Waals surface area (Å²) in [5.74, 6) is 1.16. The molecule has 1 aromatic rings. The van der Waals surface area contributed by atoms with Crippen molar-refractivity contribution in [3.8, 4) is 5.75 Å². The van der Waals surface area contributed by atoms with Gasteiger partial charge in [0.05, 0.1) is 11.5 Å². The molecule has 0 amide bonds. The van der Waals surface area contributed by atoms with Gasteiger partial charge in [-0.15, -0.1) is 0 Å². The molecule has 1 aliphatic carbocycles. The highest BCUT2D eigenvalue weighted by Gasteiger charge is 2.29. The molecule has 1 fully saturated rings. The lowest BCUT2D eigenvalue weighted by Gasteiger charge is -2.12. The van der Waals surface area contributed by atoms with Crippen LogP contribution in [-0.2, 0) is 10.0 Å². The molecule has 0 saturated heterocycles. The molecule has 0 radical (unpaired) electrons. The van der Waals surface area contributed by atoms with E-state index in [-0.39, 0.29) is 10.9 Å². The zero-order valence-corrected chi connectivity index (χ0v) is 12.5. The van der Waals surface area contributed by atoms with E-state index in [1.165, 1.54) is 0 Å². The van der Waals surface area contributed by atoms with Crippen molar-refractivity contribution in [1.29, 1.82) is 0 Å². The van der Waals surface area contributed by atoms with Gasteiger partial charge < -0.3 is 10.5 Å². The molecule has 1 saturated carbocycles. The van der Waals surface area contributed by atoms with E-state index < -0.39 is 10.0 Å². The van der Waals surface area contributed by atoms with Crippen LogP contribution < -0.4 is 15.2 Å². The van der Waals surface area contributed by atoms with Crippen molar-refractivity contribution >= 4 is 10.0 Å². The Balaban J connectivity index is 1.93. The van der Waals surface area contributed by atoms with E-state index in [0.717, 1.165) is 19.3 Å². The summed E-state index contributed by atoms with van der Waals surface area (Å²) in [6.45, 7) is 2.94. The van der Waals surface area contributed by atoms with Gasteiger partial charge in [-0.3, -0.25) is 0 Å². The van der Waals surface area contributed by atoms with Crippen molar-refractivity contribution < 1.29 is 13.2 Å². The second kappa shape index (κ2) is 6.56. The van der Waals surface area contributed by atoms with Gasteiger partial charge in [0.15, 0.2) is 0 Å². The number of ether oxygens (including phenoxy) is 1. The monoisotopic (exact) mass is 298 g/mol. The summed E-state index contributed by atoms with van der Waals surface area (Å²) >= 11 is 0. The highest BCUT2D eigenvalue weighted by molar-refractivity contribution is 7.89. The maximum Gasteiger partial charge on any atom is 0.240 e. The van der Waals surface area contributed by atoms with E-state index in [9.17, 15) is 8.42 Å². The second-order valence-corrected chi connectivity index (χ2v) is 6.94. The van der Waals surface area contributed by atoms with Gasteiger partial charge in [-0.2, -0.15) is 0 Å². The Morgan fingerprint density at radius 3 is 2.55 bits per heavy atom. The lowest BCUT2D eigenvalue weighted by Crippen LogP contribution is -2.38. The van der Waals surface area contributed by atoms with Crippen LogP contribution in [0.4, 0.5) is 0 Å². The van der Waals surface area contributed by atoms with Gasteiger partial charge in [0.2, 0.25) is 10.0 Å². The summed E-state index contributed by atoms with van der Waals surface area (Å²) in [5, 5.41) is 0. The SMILES string of the molecule is CCCOc1ccc(S(=O)(=O)NCC(N)C2CC2)cc1. The van der Waals surface area contributed by atoms with Gasteiger partial charge in [-0.1, -0.05) is 6.92 Å². The number of benzene rings is 1. The molecule has 0 bridgehead atoms. The second-order valence-electron chi connectivity index (χ2n) is 5.17. The maximum atomic E-state index is 12.1. The van der Waals surface area contributed by atoms with Gasteiger partial charge >= 0.3 is 0 Å². The molecule has 1 aromatic carbocycles. The van der Waals surface area contributed by atoms with E-state index in [1.54, 1.807) is 24.3 Å². The molecular weight excluding hydrogens is 276 g/mol. The molecule has 5 nitrogen and oxygen atoms in total. The van der Waals surface area contributed by atoms with Crippen molar-refractivity contribution in [2.24, 2.45) is 11.7 Å². The average molecular weight is 298 g/mol. The minimum atomic E-state index is -3.48.